The molecule has 1 fully saturated rings. The van der Waals surface area contributed by atoms with E-state index in [2.05, 4.69) is 0 Å². The van der Waals surface area contributed by atoms with Gasteiger partial charge in [0.05, 0.1) is 28.1 Å². The van der Waals surface area contributed by atoms with Crippen molar-refractivity contribution in [3.05, 3.63) is 68.4 Å². The number of rotatable bonds is 5. The standard InChI is InChI=1S/C30H31ClF3N3O7/c1-37(2)23-16-7-12-6-15-14(11-4-5-18(31)17(9-11)30(32,33)34)8-13(10-35)24(38)20(15)25(39)19(12)26(40)21(16)29(43,44-3)22(27(23)41)28(36)42/h4-5,8-9,12,16,21,23,38-39,41,43H,6-7,10,35H2,1-3H3,(H2,36,42)/t12?,16?,21?,23-,29+/m0/s1. The van der Waals surface area contributed by atoms with Gasteiger partial charge in [0.1, 0.15) is 22.8 Å². The van der Waals surface area contributed by atoms with Crippen LogP contribution in [0.25, 0.3) is 16.9 Å². The summed E-state index contributed by atoms with van der Waals surface area (Å²) in [6, 6.07) is 3.80. The van der Waals surface area contributed by atoms with Crippen molar-refractivity contribution in [3.8, 4) is 16.9 Å². The van der Waals surface area contributed by atoms with Gasteiger partial charge in [-0.2, -0.15) is 13.2 Å². The Bertz CT molecular complexity index is 1660. The number of carbonyl (C=O) groups excluding carboxylic acids is 2. The number of halogens is 4. The zero-order chi connectivity index (χ0) is 32.6. The van der Waals surface area contributed by atoms with E-state index in [1.165, 1.54) is 12.1 Å². The van der Waals surface area contributed by atoms with E-state index in [4.69, 9.17) is 27.8 Å². The summed E-state index contributed by atoms with van der Waals surface area (Å²) in [6.07, 6.45) is -4.71. The van der Waals surface area contributed by atoms with Crippen LogP contribution in [0.4, 0.5) is 13.2 Å². The summed E-state index contributed by atoms with van der Waals surface area (Å²) in [4.78, 5) is 28.3. The minimum Gasteiger partial charge on any atom is -0.510 e. The Balaban J connectivity index is 1.76. The highest BCUT2D eigenvalue weighted by atomic mass is 35.5. The predicted molar refractivity (Wildman–Crippen MR) is 153 cm³/mol. The second kappa shape index (κ2) is 10.8. The summed E-state index contributed by atoms with van der Waals surface area (Å²) in [5.74, 6) is -9.46. The Kier molecular flexibility index (Phi) is 7.78. The average Bonchev–Trinajstić information content (AvgIpc) is 2.92. The zero-order valence-corrected chi connectivity index (χ0v) is 24.6. The molecule has 0 heterocycles. The number of ketones is 1. The van der Waals surface area contributed by atoms with E-state index in [0.29, 0.717) is 0 Å². The Morgan fingerprint density at radius 2 is 1.86 bits per heavy atom. The molecule has 5 rings (SSSR count). The molecule has 0 bridgehead atoms. The van der Waals surface area contributed by atoms with E-state index < -0.39 is 80.9 Å². The average molecular weight is 638 g/mol. The number of amides is 1. The summed E-state index contributed by atoms with van der Waals surface area (Å²) in [6.45, 7) is -0.253. The minimum atomic E-state index is -4.76. The lowest BCUT2D eigenvalue weighted by Crippen LogP contribution is -2.63. The molecule has 1 amide bonds. The van der Waals surface area contributed by atoms with Crippen molar-refractivity contribution < 1.29 is 47.9 Å². The summed E-state index contributed by atoms with van der Waals surface area (Å²) in [7, 11) is 4.24. The van der Waals surface area contributed by atoms with Gasteiger partial charge in [-0.15, -0.1) is 0 Å². The quantitative estimate of drug-likeness (QED) is 0.268. The van der Waals surface area contributed by atoms with Gasteiger partial charge in [0.2, 0.25) is 5.79 Å². The van der Waals surface area contributed by atoms with E-state index in [1.807, 2.05) is 0 Å². The molecule has 0 aliphatic heterocycles. The number of aromatic hydroxyl groups is 1. The fraction of sp³-hybridized carbons (Fsp3) is 0.400. The largest absolute Gasteiger partial charge is 0.510 e. The highest BCUT2D eigenvalue weighted by molar-refractivity contribution is 6.31. The Labute approximate surface area is 255 Å². The van der Waals surface area contributed by atoms with Crippen LogP contribution in [0.1, 0.15) is 28.7 Å². The molecule has 2 aromatic carbocycles. The predicted octanol–water partition coefficient (Wildman–Crippen LogP) is 3.41. The molecule has 8 N–H and O–H groups in total. The molecule has 44 heavy (non-hydrogen) atoms. The lowest BCUT2D eigenvalue weighted by atomic mass is 9.57. The van der Waals surface area contributed by atoms with Gasteiger partial charge in [-0.1, -0.05) is 17.7 Å². The number of hydrogen-bond acceptors (Lipinski definition) is 9. The third-order valence-electron chi connectivity index (χ3n) is 9.01. The number of nitrogens with zero attached hydrogens (tertiary/aromatic N) is 1. The Hall–Kier alpha value is -3.62. The summed E-state index contributed by atoms with van der Waals surface area (Å²) >= 11 is 5.85. The highest BCUT2D eigenvalue weighted by Gasteiger charge is 2.63. The van der Waals surface area contributed by atoms with Crippen LogP contribution >= 0.6 is 11.6 Å². The monoisotopic (exact) mass is 637 g/mol. The fourth-order valence-corrected chi connectivity index (χ4v) is 7.43. The van der Waals surface area contributed by atoms with Crippen molar-refractivity contribution in [2.24, 2.45) is 29.2 Å². The lowest BCUT2D eigenvalue weighted by molar-refractivity contribution is -0.219. The fourth-order valence-electron chi connectivity index (χ4n) is 7.21. The molecule has 0 spiro atoms. The molecule has 5 atom stereocenters. The van der Waals surface area contributed by atoms with Gasteiger partial charge in [0.25, 0.3) is 5.91 Å². The summed E-state index contributed by atoms with van der Waals surface area (Å²) in [5.41, 5.74) is 9.93. The number of aliphatic hydroxyl groups is 3. The first kappa shape index (κ1) is 31.8. The smallest absolute Gasteiger partial charge is 0.417 e. The molecule has 0 radical (unpaired) electrons. The van der Waals surface area contributed by atoms with Crippen molar-refractivity contribution in [2.45, 2.75) is 37.4 Å². The third-order valence-corrected chi connectivity index (χ3v) is 9.34. The molecule has 3 aliphatic carbocycles. The number of carbonyl (C=O) groups is 2. The van der Waals surface area contributed by atoms with Crippen molar-refractivity contribution in [1.82, 2.24) is 4.90 Å². The van der Waals surface area contributed by atoms with E-state index in [1.54, 1.807) is 19.0 Å². The molecular formula is C30H31ClF3N3O7. The zero-order valence-electron chi connectivity index (χ0n) is 23.9. The first-order valence-corrected chi connectivity index (χ1v) is 14.0. The van der Waals surface area contributed by atoms with Crippen LogP contribution in [0.5, 0.6) is 5.75 Å². The van der Waals surface area contributed by atoms with Crippen LogP contribution in [0, 0.1) is 17.8 Å². The van der Waals surface area contributed by atoms with Gasteiger partial charge in [-0.25, -0.2) is 0 Å². The van der Waals surface area contributed by atoms with Gasteiger partial charge >= 0.3 is 6.18 Å². The molecule has 14 heteroatoms. The molecule has 0 saturated heterocycles. The van der Waals surface area contributed by atoms with Crippen LogP contribution in [-0.2, 0) is 33.5 Å². The third kappa shape index (κ3) is 4.57. The van der Waals surface area contributed by atoms with Gasteiger partial charge < -0.3 is 36.6 Å². The molecule has 2 aromatic rings. The normalized spacial score (nSPS) is 26.9. The van der Waals surface area contributed by atoms with Crippen LogP contribution in [0.2, 0.25) is 5.02 Å². The maximum Gasteiger partial charge on any atom is 0.417 e. The van der Waals surface area contributed by atoms with Gasteiger partial charge in [0, 0.05) is 24.8 Å². The second-order valence-electron chi connectivity index (χ2n) is 11.5. The summed E-state index contributed by atoms with van der Waals surface area (Å²) in [5, 5.41) is 45.0. The van der Waals surface area contributed by atoms with E-state index >= 15 is 0 Å². The number of likely N-dealkylation sites (N-methyl/N-ethyl adjacent to an activating group) is 1. The Morgan fingerprint density at radius 1 is 1.20 bits per heavy atom. The topological polar surface area (TPSA) is 180 Å². The number of phenolic OH excluding ortho intramolecular Hbond substituents is 1. The van der Waals surface area contributed by atoms with Crippen molar-refractivity contribution in [1.29, 1.82) is 0 Å². The maximum atomic E-state index is 14.3. The number of allylic oxidation sites excluding steroid dienone is 1. The molecular weight excluding hydrogens is 607 g/mol. The van der Waals surface area contributed by atoms with Crippen molar-refractivity contribution in [3.63, 3.8) is 0 Å². The number of primary amides is 1. The summed E-state index contributed by atoms with van der Waals surface area (Å²) < 4.78 is 46.6. The molecule has 0 aromatic heterocycles. The SMILES string of the molecule is CO[C@@]1(O)C(C(N)=O)=C(O)[C@@H](N(C)C)C2CC3Cc4c(-c5ccc(Cl)c(C(F)(F)F)c5)cc(CN)c(O)c4C(O)=C3C(=O)C21. The number of Topliss-reactive ketones (excluding diaryl/α,β-unsaturated/α-hetero) is 1. The highest BCUT2D eigenvalue weighted by Crippen LogP contribution is 2.55. The lowest BCUT2D eigenvalue weighted by Gasteiger charge is -2.52. The van der Waals surface area contributed by atoms with Crippen LogP contribution in [-0.4, -0.2) is 70.1 Å². The minimum absolute atomic E-state index is 0.0138. The number of aliphatic hydroxyl groups excluding tert-OH is 2. The van der Waals surface area contributed by atoms with Crippen molar-refractivity contribution >= 4 is 29.1 Å². The van der Waals surface area contributed by atoms with E-state index in [0.717, 1.165) is 19.2 Å². The number of methoxy groups -OCH3 is 1. The maximum absolute atomic E-state index is 14.3. The number of benzene rings is 2. The number of phenols is 1. The molecule has 1 saturated carbocycles. The van der Waals surface area contributed by atoms with Crippen LogP contribution in [0.15, 0.2) is 41.2 Å². The number of nitrogens with two attached hydrogens (primary N) is 2. The second-order valence-corrected chi connectivity index (χ2v) is 11.9. The molecule has 236 valence electrons. The van der Waals surface area contributed by atoms with Gasteiger partial charge in [-0.3, -0.25) is 14.5 Å². The first-order chi connectivity index (χ1) is 20.5. The van der Waals surface area contributed by atoms with Crippen LogP contribution in [0.3, 0.4) is 0 Å². The van der Waals surface area contributed by atoms with Gasteiger partial charge in [0.15, 0.2) is 5.78 Å². The number of ether oxygens (including phenoxy) is 1. The van der Waals surface area contributed by atoms with E-state index in [-0.39, 0.29) is 52.8 Å². The van der Waals surface area contributed by atoms with Crippen LogP contribution < -0.4 is 11.5 Å². The molecule has 3 aliphatic rings. The Morgan fingerprint density at radius 3 is 2.41 bits per heavy atom. The number of alkyl halides is 3. The molecule has 10 nitrogen and oxygen atoms in total. The number of fused-ring (bicyclic) bond motifs is 3. The van der Waals surface area contributed by atoms with Gasteiger partial charge in [-0.05, 0) is 73.7 Å². The first-order valence-electron chi connectivity index (χ1n) is 13.6. The molecule has 3 unspecified atom stereocenters. The van der Waals surface area contributed by atoms with Crippen molar-refractivity contribution in [2.75, 3.05) is 21.2 Å². The van der Waals surface area contributed by atoms with E-state index in [9.17, 15) is 43.2 Å². The number of hydrogen-bond donors (Lipinski definition) is 6.